The number of rotatable bonds is 4. The highest BCUT2D eigenvalue weighted by Gasteiger charge is 2.60. The van der Waals surface area contributed by atoms with Crippen LogP contribution in [0.4, 0.5) is 0 Å². The van der Waals surface area contributed by atoms with Crippen LogP contribution in [-0.4, -0.2) is 42.6 Å². The molecule has 1 spiro atoms. The van der Waals surface area contributed by atoms with Crippen molar-refractivity contribution >= 4 is 18.3 Å². The average molecular weight is 277 g/mol. The molecule has 0 heterocycles. The van der Waals surface area contributed by atoms with E-state index in [0.717, 1.165) is 13.0 Å². The largest absolute Gasteiger partial charge is 0.378 e. The Morgan fingerprint density at radius 3 is 2.56 bits per heavy atom. The second kappa shape index (κ2) is 5.76. The Morgan fingerprint density at radius 1 is 1.56 bits per heavy atom. The van der Waals surface area contributed by atoms with Crippen molar-refractivity contribution in [2.24, 2.45) is 11.1 Å². The minimum absolute atomic E-state index is 0. The van der Waals surface area contributed by atoms with Crippen LogP contribution in [0.3, 0.4) is 0 Å². The summed E-state index contributed by atoms with van der Waals surface area (Å²) in [6, 6.07) is -0.0606. The van der Waals surface area contributed by atoms with E-state index < -0.39 is 6.04 Å². The monoisotopic (exact) mass is 276 g/mol. The number of hydrogen-bond acceptors (Lipinski definition) is 3. The van der Waals surface area contributed by atoms with E-state index in [-0.39, 0.29) is 23.7 Å². The number of carbonyl (C=O) groups excluding carboxylic acids is 1. The number of carbonyl (C=O) groups is 1. The van der Waals surface area contributed by atoms with Crippen LogP contribution in [0.15, 0.2) is 0 Å². The zero-order valence-electron chi connectivity index (χ0n) is 11.5. The third-order valence-corrected chi connectivity index (χ3v) is 4.60. The van der Waals surface area contributed by atoms with Gasteiger partial charge in [-0.2, -0.15) is 0 Å². The van der Waals surface area contributed by atoms with E-state index in [1.54, 1.807) is 6.92 Å². The van der Waals surface area contributed by atoms with Crippen LogP contribution in [0.25, 0.3) is 0 Å². The van der Waals surface area contributed by atoms with Crippen LogP contribution in [-0.2, 0) is 9.53 Å². The molecule has 0 aromatic carbocycles. The van der Waals surface area contributed by atoms with E-state index in [9.17, 15) is 4.79 Å². The smallest absolute Gasteiger partial charge is 0.239 e. The first kappa shape index (κ1) is 15.7. The van der Waals surface area contributed by atoms with E-state index in [4.69, 9.17) is 10.5 Å². The molecule has 3 unspecified atom stereocenters. The molecule has 2 rings (SSSR count). The Labute approximate surface area is 116 Å². The first-order chi connectivity index (χ1) is 8.03. The third kappa shape index (κ3) is 2.26. The lowest BCUT2D eigenvalue weighted by atomic mass is 9.50. The maximum Gasteiger partial charge on any atom is 0.239 e. The molecule has 2 N–H and O–H groups in total. The summed E-state index contributed by atoms with van der Waals surface area (Å²) in [5.41, 5.74) is 5.92. The lowest BCUT2D eigenvalue weighted by molar-refractivity contribution is -0.202. The van der Waals surface area contributed by atoms with Gasteiger partial charge in [-0.15, -0.1) is 12.4 Å². The van der Waals surface area contributed by atoms with Gasteiger partial charge in [0.25, 0.3) is 0 Å². The molecule has 1 amide bonds. The minimum Gasteiger partial charge on any atom is -0.378 e. The van der Waals surface area contributed by atoms with Crippen molar-refractivity contribution in [2.75, 3.05) is 13.7 Å². The summed E-state index contributed by atoms with van der Waals surface area (Å²) < 4.78 is 5.79. The molecule has 0 aliphatic heterocycles. The van der Waals surface area contributed by atoms with E-state index in [0.29, 0.717) is 12.1 Å². The van der Waals surface area contributed by atoms with Gasteiger partial charge in [0.1, 0.15) is 0 Å². The van der Waals surface area contributed by atoms with Gasteiger partial charge in [-0.3, -0.25) is 4.79 Å². The van der Waals surface area contributed by atoms with Gasteiger partial charge < -0.3 is 15.4 Å². The molecule has 2 aliphatic rings. The Kier molecular flexibility index (Phi) is 5.04. The van der Waals surface area contributed by atoms with Crippen LogP contribution in [0.5, 0.6) is 0 Å². The quantitative estimate of drug-likeness (QED) is 0.848. The first-order valence-corrected chi connectivity index (χ1v) is 6.66. The summed E-state index contributed by atoms with van der Waals surface area (Å²) in [6.45, 7) is 4.56. The predicted octanol–water partition coefficient (Wildman–Crippen LogP) is 1.56. The maximum absolute atomic E-state index is 11.9. The fourth-order valence-corrected chi connectivity index (χ4v) is 3.42. The molecule has 0 aromatic rings. The molecule has 0 aromatic heterocycles. The molecule has 0 radical (unpaired) electrons. The SMILES string of the molecule is CCOC1CC(N(C)C(=O)C(C)N)C12CCC2.Cl. The molecule has 0 bridgehead atoms. The summed E-state index contributed by atoms with van der Waals surface area (Å²) in [5, 5.41) is 0. The summed E-state index contributed by atoms with van der Waals surface area (Å²) in [7, 11) is 1.89. The summed E-state index contributed by atoms with van der Waals surface area (Å²) in [6.07, 6.45) is 4.98. The molecule has 2 saturated carbocycles. The molecule has 0 saturated heterocycles. The van der Waals surface area contributed by atoms with Gasteiger partial charge in [0.15, 0.2) is 0 Å². The van der Waals surface area contributed by atoms with Gasteiger partial charge >= 0.3 is 0 Å². The van der Waals surface area contributed by atoms with E-state index in [1.807, 2.05) is 18.9 Å². The standard InChI is InChI=1S/C13H24N2O2.ClH/c1-4-17-11-8-10(13(11)6-5-7-13)15(3)12(16)9(2)14;/h9-11H,4-8,14H2,1-3H3;1H. The lowest BCUT2D eigenvalue weighted by Crippen LogP contribution is -2.68. The molecule has 106 valence electrons. The number of nitrogens with zero attached hydrogens (tertiary/aromatic N) is 1. The van der Waals surface area contributed by atoms with Crippen molar-refractivity contribution in [3.05, 3.63) is 0 Å². The molecular formula is C13H25ClN2O2. The van der Waals surface area contributed by atoms with Gasteiger partial charge in [0.05, 0.1) is 12.1 Å². The number of likely N-dealkylation sites (N-methyl/N-ethyl adjacent to an activating group) is 1. The average Bonchev–Trinajstić information content (AvgIpc) is 2.19. The molecule has 2 fully saturated rings. The minimum atomic E-state index is -0.400. The van der Waals surface area contributed by atoms with E-state index in [1.165, 1.54) is 19.3 Å². The Morgan fingerprint density at radius 2 is 2.17 bits per heavy atom. The van der Waals surface area contributed by atoms with Crippen molar-refractivity contribution in [2.45, 2.75) is 57.7 Å². The molecule has 3 atom stereocenters. The van der Waals surface area contributed by atoms with Crippen LogP contribution in [0, 0.1) is 5.41 Å². The molecule has 18 heavy (non-hydrogen) atoms. The number of hydrogen-bond donors (Lipinski definition) is 1. The highest BCUT2D eigenvalue weighted by atomic mass is 35.5. The number of halogens is 1. The topological polar surface area (TPSA) is 55.6 Å². The molecule has 2 aliphatic carbocycles. The fraction of sp³-hybridized carbons (Fsp3) is 0.923. The number of ether oxygens (including phenoxy) is 1. The summed E-state index contributed by atoms with van der Waals surface area (Å²) in [4.78, 5) is 13.8. The van der Waals surface area contributed by atoms with Gasteiger partial charge in [0, 0.05) is 25.1 Å². The van der Waals surface area contributed by atoms with E-state index in [2.05, 4.69) is 0 Å². The van der Waals surface area contributed by atoms with Crippen LogP contribution >= 0.6 is 12.4 Å². The third-order valence-electron chi connectivity index (χ3n) is 4.60. The van der Waals surface area contributed by atoms with Crippen molar-refractivity contribution < 1.29 is 9.53 Å². The zero-order chi connectivity index (χ0) is 12.6. The second-order valence-corrected chi connectivity index (χ2v) is 5.52. The highest BCUT2D eigenvalue weighted by Crippen LogP contribution is 2.58. The predicted molar refractivity (Wildman–Crippen MR) is 73.8 cm³/mol. The van der Waals surface area contributed by atoms with Crippen molar-refractivity contribution in [1.29, 1.82) is 0 Å². The van der Waals surface area contributed by atoms with Crippen molar-refractivity contribution in [1.82, 2.24) is 4.90 Å². The number of amides is 1. The fourth-order valence-electron chi connectivity index (χ4n) is 3.42. The summed E-state index contributed by atoms with van der Waals surface area (Å²) >= 11 is 0. The Bertz CT molecular complexity index is 305. The zero-order valence-corrected chi connectivity index (χ0v) is 12.3. The van der Waals surface area contributed by atoms with Crippen LogP contribution in [0.2, 0.25) is 0 Å². The number of nitrogens with two attached hydrogens (primary N) is 1. The Hall–Kier alpha value is -0.320. The summed E-state index contributed by atoms with van der Waals surface area (Å²) in [5.74, 6) is 0.0521. The van der Waals surface area contributed by atoms with E-state index >= 15 is 0 Å². The van der Waals surface area contributed by atoms with Crippen molar-refractivity contribution in [3.8, 4) is 0 Å². The highest BCUT2D eigenvalue weighted by molar-refractivity contribution is 5.85. The van der Waals surface area contributed by atoms with Crippen molar-refractivity contribution in [3.63, 3.8) is 0 Å². The van der Waals surface area contributed by atoms with Gasteiger partial charge in [-0.05, 0) is 33.1 Å². The normalized spacial score (nSPS) is 29.8. The Balaban J connectivity index is 0.00000162. The molecule has 5 heteroatoms. The molecular weight excluding hydrogens is 252 g/mol. The van der Waals surface area contributed by atoms with Crippen LogP contribution in [0.1, 0.15) is 39.5 Å². The van der Waals surface area contributed by atoms with Gasteiger partial charge in [0.2, 0.25) is 5.91 Å². The van der Waals surface area contributed by atoms with Gasteiger partial charge in [-0.25, -0.2) is 0 Å². The second-order valence-electron chi connectivity index (χ2n) is 5.52. The van der Waals surface area contributed by atoms with Gasteiger partial charge in [-0.1, -0.05) is 6.42 Å². The molecule has 4 nitrogen and oxygen atoms in total. The lowest BCUT2D eigenvalue weighted by Gasteiger charge is -2.63. The maximum atomic E-state index is 11.9. The first-order valence-electron chi connectivity index (χ1n) is 6.66. The van der Waals surface area contributed by atoms with Crippen LogP contribution < -0.4 is 5.73 Å².